The second-order valence-corrected chi connectivity index (χ2v) is 3.68. The topological polar surface area (TPSA) is 46.2 Å². The maximum atomic E-state index is 9.20. The van der Waals surface area contributed by atoms with Gasteiger partial charge in [-0.05, 0) is 18.4 Å². The Hall–Kier alpha value is -1.12. The summed E-state index contributed by atoms with van der Waals surface area (Å²) >= 11 is 0. The molecule has 1 aromatic rings. The lowest BCUT2D eigenvalue weighted by atomic mass is 9.89. The van der Waals surface area contributed by atoms with Crippen LogP contribution in [0.5, 0.6) is 0 Å². The van der Waals surface area contributed by atoms with Crippen molar-refractivity contribution < 1.29 is 5.11 Å². The third-order valence-electron chi connectivity index (χ3n) is 2.26. The molecule has 1 atom stereocenters. The number of aliphatic hydroxyl groups excluding tert-OH is 1. The molecule has 1 rings (SSSR count). The highest BCUT2D eigenvalue weighted by Gasteiger charge is 2.22. The standard InChI is InChI=1S/C12H17NO/c1-2-8-12(13,10-14)9-11-6-4-3-5-7-11/h2-7,14H,1,8-10,13H2. The first-order chi connectivity index (χ1) is 6.70. The summed E-state index contributed by atoms with van der Waals surface area (Å²) in [5, 5.41) is 9.20. The van der Waals surface area contributed by atoms with Gasteiger partial charge in [0.2, 0.25) is 0 Å². The first-order valence-corrected chi connectivity index (χ1v) is 4.75. The van der Waals surface area contributed by atoms with Crippen LogP contribution in [0, 0.1) is 0 Å². The molecule has 0 aliphatic carbocycles. The van der Waals surface area contributed by atoms with E-state index in [1.807, 2.05) is 30.3 Å². The van der Waals surface area contributed by atoms with Crippen molar-refractivity contribution in [2.45, 2.75) is 18.4 Å². The zero-order chi connectivity index (χ0) is 10.4. The molecule has 0 fully saturated rings. The van der Waals surface area contributed by atoms with Crippen molar-refractivity contribution in [1.82, 2.24) is 0 Å². The summed E-state index contributed by atoms with van der Waals surface area (Å²) in [7, 11) is 0. The monoisotopic (exact) mass is 191 g/mol. The molecule has 2 nitrogen and oxygen atoms in total. The van der Waals surface area contributed by atoms with E-state index in [9.17, 15) is 5.11 Å². The summed E-state index contributed by atoms with van der Waals surface area (Å²) in [6.45, 7) is 3.62. The fourth-order valence-corrected chi connectivity index (χ4v) is 1.48. The number of nitrogens with two attached hydrogens (primary N) is 1. The molecule has 0 spiro atoms. The van der Waals surface area contributed by atoms with E-state index in [0.717, 1.165) is 5.56 Å². The van der Waals surface area contributed by atoms with Crippen molar-refractivity contribution in [3.05, 3.63) is 48.6 Å². The number of aliphatic hydroxyl groups is 1. The van der Waals surface area contributed by atoms with E-state index in [2.05, 4.69) is 6.58 Å². The Morgan fingerprint density at radius 3 is 2.50 bits per heavy atom. The second kappa shape index (κ2) is 4.94. The Bertz CT molecular complexity index is 284. The molecule has 0 saturated heterocycles. The van der Waals surface area contributed by atoms with E-state index in [1.165, 1.54) is 0 Å². The molecule has 0 heterocycles. The van der Waals surface area contributed by atoms with Crippen LogP contribution in [0.4, 0.5) is 0 Å². The number of hydrogen-bond acceptors (Lipinski definition) is 2. The Kier molecular flexibility index (Phi) is 3.86. The van der Waals surface area contributed by atoms with Gasteiger partial charge >= 0.3 is 0 Å². The average molecular weight is 191 g/mol. The number of rotatable bonds is 5. The van der Waals surface area contributed by atoms with Crippen molar-refractivity contribution in [2.75, 3.05) is 6.61 Å². The van der Waals surface area contributed by atoms with E-state index >= 15 is 0 Å². The van der Waals surface area contributed by atoms with Gasteiger partial charge in [0.1, 0.15) is 0 Å². The average Bonchev–Trinajstić information content (AvgIpc) is 2.20. The quantitative estimate of drug-likeness (QED) is 0.693. The van der Waals surface area contributed by atoms with Crippen LogP contribution in [0.3, 0.4) is 0 Å². The maximum absolute atomic E-state index is 9.20. The summed E-state index contributed by atoms with van der Waals surface area (Å²) in [4.78, 5) is 0. The van der Waals surface area contributed by atoms with Crippen LogP contribution in [-0.2, 0) is 6.42 Å². The Morgan fingerprint density at radius 1 is 1.36 bits per heavy atom. The zero-order valence-electron chi connectivity index (χ0n) is 8.32. The molecular formula is C12H17NO. The molecular weight excluding hydrogens is 174 g/mol. The summed E-state index contributed by atoms with van der Waals surface area (Å²) < 4.78 is 0. The van der Waals surface area contributed by atoms with Crippen LogP contribution in [0.15, 0.2) is 43.0 Å². The van der Waals surface area contributed by atoms with Gasteiger partial charge in [-0.15, -0.1) is 6.58 Å². The zero-order valence-corrected chi connectivity index (χ0v) is 8.32. The summed E-state index contributed by atoms with van der Waals surface area (Å²) in [5.74, 6) is 0. The van der Waals surface area contributed by atoms with E-state index in [0.29, 0.717) is 12.8 Å². The Morgan fingerprint density at radius 2 is 2.00 bits per heavy atom. The molecule has 0 amide bonds. The minimum absolute atomic E-state index is 0.0199. The van der Waals surface area contributed by atoms with Crippen LogP contribution in [0.1, 0.15) is 12.0 Å². The van der Waals surface area contributed by atoms with Gasteiger partial charge in [-0.3, -0.25) is 0 Å². The predicted molar refractivity (Wildman–Crippen MR) is 59.0 cm³/mol. The lowest BCUT2D eigenvalue weighted by molar-refractivity contribution is 0.196. The van der Waals surface area contributed by atoms with Gasteiger partial charge in [0.05, 0.1) is 6.61 Å². The van der Waals surface area contributed by atoms with Crippen LogP contribution in [-0.4, -0.2) is 17.3 Å². The van der Waals surface area contributed by atoms with E-state index < -0.39 is 5.54 Å². The highest BCUT2D eigenvalue weighted by Crippen LogP contribution is 2.14. The maximum Gasteiger partial charge on any atom is 0.0617 e. The minimum atomic E-state index is -0.566. The molecule has 0 saturated carbocycles. The van der Waals surface area contributed by atoms with E-state index in [4.69, 9.17) is 5.73 Å². The molecule has 0 aliphatic rings. The SMILES string of the molecule is C=CCC(N)(CO)Cc1ccccc1. The molecule has 3 N–H and O–H groups in total. The first-order valence-electron chi connectivity index (χ1n) is 4.75. The van der Waals surface area contributed by atoms with Crippen molar-refractivity contribution in [3.63, 3.8) is 0 Å². The third kappa shape index (κ3) is 2.98. The molecule has 0 aliphatic heterocycles. The first kappa shape index (κ1) is 11.0. The molecule has 0 bridgehead atoms. The van der Waals surface area contributed by atoms with Crippen molar-refractivity contribution in [2.24, 2.45) is 5.73 Å². The minimum Gasteiger partial charge on any atom is -0.394 e. The van der Waals surface area contributed by atoms with Gasteiger partial charge in [-0.2, -0.15) is 0 Å². The van der Waals surface area contributed by atoms with Gasteiger partial charge in [-0.1, -0.05) is 36.4 Å². The molecule has 2 heteroatoms. The van der Waals surface area contributed by atoms with Gasteiger partial charge in [-0.25, -0.2) is 0 Å². The lowest BCUT2D eigenvalue weighted by Crippen LogP contribution is -2.45. The third-order valence-corrected chi connectivity index (χ3v) is 2.26. The van der Waals surface area contributed by atoms with Gasteiger partial charge in [0.15, 0.2) is 0 Å². The highest BCUT2D eigenvalue weighted by atomic mass is 16.3. The molecule has 0 radical (unpaired) electrons. The van der Waals surface area contributed by atoms with Crippen molar-refractivity contribution >= 4 is 0 Å². The fourth-order valence-electron chi connectivity index (χ4n) is 1.48. The van der Waals surface area contributed by atoms with Gasteiger partial charge < -0.3 is 10.8 Å². The molecule has 14 heavy (non-hydrogen) atoms. The summed E-state index contributed by atoms with van der Waals surface area (Å²) in [6.07, 6.45) is 3.05. The highest BCUT2D eigenvalue weighted by molar-refractivity contribution is 5.18. The van der Waals surface area contributed by atoms with Crippen molar-refractivity contribution in [3.8, 4) is 0 Å². The largest absolute Gasteiger partial charge is 0.394 e. The predicted octanol–water partition coefficient (Wildman–Crippen LogP) is 1.50. The summed E-state index contributed by atoms with van der Waals surface area (Å²) in [5.41, 5.74) is 6.60. The van der Waals surface area contributed by atoms with E-state index in [-0.39, 0.29) is 6.61 Å². The van der Waals surface area contributed by atoms with Crippen LogP contribution >= 0.6 is 0 Å². The second-order valence-electron chi connectivity index (χ2n) is 3.68. The smallest absolute Gasteiger partial charge is 0.0617 e. The van der Waals surface area contributed by atoms with Crippen LogP contribution in [0.2, 0.25) is 0 Å². The molecule has 0 aromatic heterocycles. The fraction of sp³-hybridized carbons (Fsp3) is 0.333. The molecule has 1 unspecified atom stereocenters. The van der Waals surface area contributed by atoms with Gasteiger partial charge in [0.25, 0.3) is 0 Å². The number of hydrogen-bond donors (Lipinski definition) is 2. The Balaban J connectivity index is 2.70. The van der Waals surface area contributed by atoms with Gasteiger partial charge in [0, 0.05) is 5.54 Å². The summed E-state index contributed by atoms with van der Waals surface area (Å²) in [6, 6.07) is 9.94. The van der Waals surface area contributed by atoms with Crippen molar-refractivity contribution in [1.29, 1.82) is 0 Å². The number of benzene rings is 1. The molecule has 1 aromatic carbocycles. The van der Waals surface area contributed by atoms with Crippen LogP contribution < -0.4 is 5.73 Å². The van der Waals surface area contributed by atoms with E-state index in [1.54, 1.807) is 6.08 Å². The Labute approximate surface area is 85.1 Å². The molecule has 76 valence electrons. The normalized spacial score (nSPS) is 14.7. The van der Waals surface area contributed by atoms with Crippen LogP contribution in [0.25, 0.3) is 0 Å². The lowest BCUT2D eigenvalue weighted by Gasteiger charge is -2.25.